The lowest BCUT2D eigenvalue weighted by Crippen LogP contribution is -2.43. The fourth-order valence-electron chi connectivity index (χ4n) is 1.64. The minimum atomic E-state index is -0.0276. The van der Waals surface area contributed by atoms with Crippen molar-refractivity contribution in [1.82, 2.24) is 4.90 Å². The topological polar surface area (TPSA) is 38.8 Å². The van der Waals surface area contributed by atoms with Crippen molar-refractivity contribution in [2.75, 3.05) is 32.9 Å². The number of hydrogen-bond acceptors (Lipinski definition) is 3. The number of nitrogens with zero attached hydrogens (tertiary/aromatic N) is 1. The standard InChI is InChI=1S/C12H13BrClNO3/c13-10-7-9(14)1-2-11(10)18-8-12(16)15-3-5-17-6-4-15/h1-2,7H,3-6,8H2. The fraction of sp³-hybridized carbons (Fsp3) is 0.417. The Morgan fingerprint density at radius 3 is 2.83 bits per heavy atom. The van der Waals surface area contributed by atoms with Crippen molar-refractivity contribution in [1.29, 1.82) is 0 Å². The molecule has 1 saturated heterocycles. The molecule has 0 radical (unpaired) electrons. The third-order valence-corrected chi connectivity index (χ3v) is 3.46. The van der Waals surface area contributed by atoms with E-state index in [-0.39, 0.29) is 12.5 Å². The van der Waals surface area contributed by atoms with Crippen molar-refractivity contribution in [3.8, 4) is 5.75 Å². The molecule has 0 N–H and O–H groups in total. The van der Waals surface area contributed by atoms with Gasteiger partial charge in [0.25, 0.3) is 5.91 Å². The number of hydrogen-bond donors (Lipinski definition) is 0. The average Bonchev–Trinajstić information content (AvgIpc) is 2.38. The second-order valence-corrected chi connectivity index (χ2v) is 5.15. The molecule has 1 aromatic rings. The third-order valence-electron chi connectivity index (χ3n) is 2.61. The molecule has 0 atom stereocenters. The summed E-state index contributed by atoms with van der Waals surface area (Å²) >= 11 is 9.17. The van der Waals surface area contributed by atoms with Gasteiger partial charge in [0.05, 0.1) is 17.7 Å². The van der Waals surface area contributed by atoms with Gasteiger partial charge in [-0.25, -0.2) is 0 Å². The zero-order valence-corrected chi connectivity index (χ0v) is 12.0. The van der Waals surface area contributed by atoms with Crippen LogP contribution in [0.1, 0.15) is 0 Å². The molecule has 98 valence electrons. The molecule has 1 fully saturated rings. The number of amides is 1. The van der Waals surface area contributed by atoms with Gasteiger partial charge < -0.3 is 14.4 Å². The molecule has 1 heterocycles. The van der Waals surface area contributed by atoms with Gasteiger partial charge in [0.15, 0.2) is 6.61 Å². The maximum atomic E-state index is 11.9. The Labute approximate surface area is 119 Å². The van der Waals surface area contributed by atoms with Crippen molar-refractivity contribution in [3.05, 3.63) is 27.7 Å². The van der Waals surface area contributed by atoms with Crippen LogP contribution < -0.4 is 4.74 Å². The zero-order valence-electron chi connectivity index (χ0n) is 9.70. The Morgan fingerprint density at radius 1 is 1.44 bits per heavy atom. The highest BCUT2D eigenvalue weighted by atomic mass is 79.9. The quantitative estimate of drug-likeness (QED) is 0.852. The van der Waals surface area contributed by atoms with Gasteiger partial charge in [-0.3, -0.25) is 4.79 Å². The number of carbonyl (C=O) groups excluding carboxylic acids is 1. The molecule has 0 spiro atoms. The van der Waals surface area contributed by atoms with Crippen molar-refractivity contribution in [3.63, 3.8) is 0 Å². The molecule has 1 aliphatic rings. The fourth-order valence-corrected chi connectivity index (χ4v) is 2.43. The van der Waals surface area contributed by atoms with Gasteiger partial charge in [-0.05, 0) is 34.1 Å². The molecule has 0 aliphatic carbocycles. The smallest absolute Gasteiger partial charge is 0.260 e. The summed E-state index contributed by atoms with van der Waals surface area (Å²) in [7, 11) is 0. The van der Waals surface area contributed by atoms with E-state index in [0.717, 1.165) is 4.47 Å². The predicted octanol–water partition coefficient (Wildman–Crippen LogP) is 2.34. The van der Waals surface area contributed by atoms with Crippen LogP contribution >= 0.6 is 27.5 Å². The molecule has 1 amide bonds. The predicted molar refractivity (Wildman–Crippen MR) is 72.0 cm³/mol. The number of morpholine rings is 1. The second-order valence-electron chi connectivity index (χ2n) is 3.86. The van der Waals surface area contributed by atoms with E-state index in [4.69, 9.17) is 21.1 Å². The van der Waals surface area contributed by atoms with Crippen LogP contribution in [0.5, 0.6) is 5.75 Å². The Morgan fingerprint density at radius 2 is 2.17 bits per heavy atom. The average molecular weight is 335 g/mol. The van der Waals surface area contributed by atoms with Crippen molar-refractivity contribution < 1.29 is 14.3 Å². The van der Waals surface area contributed by atoms with Gasteiger partial charge in [0.1, 0.15) is 5.75 Å². The summed E-state index contributed by atoms with van der Waals surface area (Å²) in [6.45, 7) is 2.47. The second kappa shape index (κ2) is 6.41. The Kier molecular flexibility index (Phi) is 4.86. The van der Waals surface area contributed by atoms with Crippen LogP contribution in [-0.4, -0.2) is 43.7 Å². The highest BCUT2D eigenvalue weighted by molar-refractivity contribution is 9.10. The summed E-state index contributed by atoms with van der Waals surface area (Å²) in [5, 5.41) is 0.619. The molecule has 1 aromatic carbocycles. The molecule has 0 bridgehead atoms. The summed E-state index contributed by atoms with van der Waals surface area (Å²) in [5.74, 6) is 0.584. The Balaban J connectivity index is 1.88. The Hall–Kier alpha value is -0.780. The lowest BCUT2D eigenvalue weighted by atomic mass is 10.3. The van der Waals surface area contributed by atoms with Gasteiger partial charge in [0.2, 0.25) is 0 Å². The third kappa shape index (κ3) is 3.60. The number of benzene rings is 1. The molecule has 0 unspecified atom stereocenters. The van der Waals surface area contributed by atoms with Crippen molar-refractivity contribution in [2.45, 2.75) is 0 Å². The first-order chi connectivity index (χ1) is 8.66. The number of rotatable bonds is 3. The van der Waals surface area contributed by atoms with Gasteiger partial charge in [-0.1, -0.05) is 11.6 Å². The van der Waals surface area contributed by atoms with Crippen molar-refractivity contribution in [2.24, 2.45) is 0 Å². The maximum Gasteiger partial charge on any atom is 0.260 e. The van der Waals surface area contributed by atoms with Crippen LogP contribution in [0.15, 0.2) is 22.7 Å². The minimum absolute atomic E-state index is 0.0276. The highest BCUT2D eigenvalue weighted by Crippen LogP contribution is 2.27. The number of carbonyl (C=O) groups is 1. The first-order valence-electron chi connectivity index (χ1n) is 5.60. The SMILES string of the molecule is O=C(COc1ccc(Cl)cc1Br)N1CCOCC1. The number of ether oxygens (including phenoxy) is 2. The monoisotopic (exact) mass is 333 g/mol. The number of halogens is 2. The highest BCUT2D eigenvalue weighted by Gasteiger charge is 2.17. The van der Waals surface area contributed by atoms with Crippen LogP contribution in [0.2, 0.25) is 5.02 Å². The lowest BCUT2D eigenvalue weighted by Gasteiger charge is -2.26. The van der Waals surface area contributed by atoms with E-state index in [1.54, 1.807) is 23.1 Å². The summed E-state index contributed by atoms with van der Waals surface area (Å²) in [6, 6.07) is 5.19. The molecular formula is C12H13BrClNO3. The molecular weight excluding hydrogens is 321 g/mol. The maximum absolute atomic E-state index is 11.9. The van der Waals surface area contributed by atoms with Crippen LogP contribution in [-0.2, 0) is 9.53 Å². The molecule has 6 heteroatoms. The summed E-state index contributed by atoms with van der Waals surface area (Å²) in [6.07, 6.45) is 0. The summed E-state index contributed by atoms with van der Waals surface area (Å²) < 4.78 is 11.4. The van der Waals surface area contributed by atoms with E-state index < -0.39 is 0 Å². The molecule has 0 saturated carbocycles. The van der Waals surface area contributed by atoms with Crippen LogP contribution in [0.3, 0.4) is 0 Å². The van der Waals surface area contributed by atoms with Crippen molar-refractivity contribution >= 4 is 33.4 Å². The van der Waals surface area contributed by atoms with Gasteiger partial charge in [-0.15, -0.1) is 0 Å². The molecule has 4 nitrogen and oxygen atoms in total. The molecule has 0 aromatic heterocycles. The van der Waals surface area contributed by atoms with Crippen LogP contribution in [0.4, 0.5) is 0 Å². The molecule has 18 heavy (non-hydrogen) atoms. The Bertz CT molecular complexity index is 435. The van der Waals surface area contributed by atoms with Gasteiger partial charge >= 0.3 is 0 Å². The van der Waals surface area contributed by atoms with Gasteiger partial charge in [0, 0.05) is 18.1 Å². The van der Waals surface area contributed by atoms with E-state index in [1.807, 2.05) is 0 Å². The van der Waals surface area contributed by atoms with E-state index in [1.165, 1.54) is 0 Å². The van der Waals surface area contributed by atoms with Gasteiger partial charge in [-0.2, -0.15) is 0 Å². The molecule has 1 aliphatic heterocycles. The summed E-state index contributed by atoms with van der Waals surface area (Å²) in [5.41, 5.74) is 0. The zero-order chi connectivity index (χ0) is 13.0. The van der Waals surface area contributed by atoms with E-state index >= 15 is 0 Å². The van der Waals surface area contributed by atoms with E-state index in [2.05, 4.69) is 15.9 Å². The normalized spacial score (nSPS) is 15.6. The van der Waals surface area contributed by atoms with Crippen LogP contribution in [0.25, 0.3) is 0 Å². The van der Waals surface area contributed by atoms with E-state index in [9.17, 15) is 4.79 Å². The first-order valence-corrected chi connectivity index (χ1v) is 6.77. The van der Waals surface area contributed by atoms with Crippen LogP contribution in [0, 0.1) is 0 Å². The first kappa shape index (κ1) is 13.6. The molecule has 2 rings (SSSR count). The lowest BCUT2D eigenvalue weighted by molar-refractivity contribution is -0.137. The largest absolute Gasteiger partial charge is 0.483 e. The van der Waals surface area contributed by atoms with E-state index in [0.29, 0.717) is 37.1 Å². The summed E-state index contributed by atoms with van der Waals surface area (Å²) in [4.78, 5) is 13.6. The minimum Gasteiger partial charge on any atom is -0.483 e.